The van der Waals surface area contributed by atoms with Crippen molar-refractivity contribution >= 4 is 0 Å². The van der Waals surface area contributed by atoms with Crippen molar-refractivity contribution in [2.75, 3.05) is 0 Å². The molecule has 2 rings (SSSR count). The van der Waals surface area contributed by atoms with Gasteiger partial charge in [0.05, 0.1) is 0 Å². The van der Waals surface area contributed by atoms with Crippen molar-refractivity contribution in [2.24, 2.45) is 5.92 Å². The van der Waals surface area contributed by atoms with Crippen molar-refractivity contribution < 1.29 is 4.42 Å². The predicted molar refractivity (Wildman–Crippen MR) is 63.4 cm³/mol. The molecule has 16 heavy (non-hydrogen) atoms. The summed E-state index contributed by atoms with van der Waals surface area (Å²) in [5, 5.41) is 8.31. The van der Waals surface area contributed by atoms with Gasteiger partial charge < -0.3 is 4.42 Å². The van der Waals surface area contributed by atoms with Crippen molar-refractivity contribution in [3.8, 4) is 0 Å². The van der Waals surface area contributed by atoms with E-state index in [2.05, 4.69) is 31.0 Å². The summed E-state index contributed by atoms with van der Waals surface area (Å²) in [6.07, 6.45) is 6.39. The molecule has 0 aromatic carbocycles. The molecule has 0 spiro atoms. The van der Waals surface area contributed by atoms with Crippen LogP contribution in [0.15, 0.2) is 4.42 Å². The number of aromatic nitrogens is 2. The molecule has 1 aromatic rings. The summed E-state index contributed by atoms with van der Waals surface area (Å²) < 4.78 is 5.73. The number of nitrogens with zero attached hydrogens (tertiary/aromatic N) is 2. The highest BCUT2D eigenvalue weighted by Gasteiger charge is 2.25. The number of hydrogen-bond donors (Lipinski definition) is 0. The zero-order valence-corrected chi connectivity index (χ0v) is 10.6. The fourth-order valence-electron chi connectivity index (χ4n) is 2.46. The van der Waals surface area contributed by atoms with Gasteiger partial charge in [0.1, 0.15) is 0 Å². The number of rotatable bonds is 3. The van der Waals surface area contributed by atoms with Crippen LogP contribution in [0.3, 0.4) is 0 Å². The molecule has 90 valence electrons. The molecule has 0 aliphatic heterocycles. The summed E-state index contributed by atoms with van der Waals surface area (Å²) in [4.78, 5) is 0. The lowest BCUT2D eigenvalue weighted by Crippen LogP contribution is -2.12. The maximum absolute atomic E-state index is 5.73. The molecule has 0 bridgehead atoms. The van der Waals surface area contributed by atoms with Gasteiger partial charge in [-0.25, -0.2) is 0 Å². The maximum atomic E-state index is 5.73. The third-order valence-corrected chi connectivity index (χ3v) is 3.72. The van der Waals surface area contributed by atoms with Gasteiger partial charge in [-0.05, 0) is 31.6 Å². The minimum Gasteiger partial charge on any atom is -0.425 e. The number of hydrogen-bond acceptors (Lipinski definition) is 3. The van der Waals surface area contributed by atoms with Crippen molar-refractivity contribution in [3.05, 3.63) is 11.8 Å². The van der Waals surface area contributed by atoms with Crippen LogP contribution < -0.4 is 0 Å². The fraction of sp³-hybridized carbons (Fsp3) is 0.846. The second-order valence-corrected chi connectivity index (χ2v) is 5.26. The first-order valence-corrected chi connectivity index (χ1v) is 6.54. The Labute approximate surface area is 97.6 Å². The van der Waals surface area contributed by atoms with E-state index in [1.54, 1.807) is 0 Å². The van der Waals surface area contributed by atoms with Crippen LogP contribution >= 0.6 is 0 Å². The lowest BCUT2D eigenvalue weighted by molar-refractivity contribution is 0.282. The van der Waals surface area contributed by atoms with Crippen LogP contribution in [-0.2, 0) is 0 Å². The Morgan fingerprint density at radius 3 is 2.38 bits per heavy atom. The molecule has 1 aromatic heterocycles. The third-order valence-electron chi connectivity index (χ3n) is 3.72. The molecular weight excluding hydrogens is 200 g/mol. The Bertz CT molecular complexity index is 324. The molecular formula is C13H22N2O. The largest absolute Gasteiger partial charge is 0.425 e. The van der Waals surface area contributed by atoms with E-state index in [0.29, 0.717) is 11.8 Å². The highest BCUT2D eigenvalue weighted by Crippen LogP contribution is 2.36. The molecule has 1 aliphatic carbocycles. The van der Waals surface area contributed by atoms with Crippen molar-refractivity contribution in [1.82, 2.24) is 10.2 Å². The molecule has 0 saturated heterocycles. The van der Waals surface area contributed by atoms with Gasteiger partial charge in [-0.2, -0.15) is 0 Å². The van der Waals surface area contributed by atoms with Crippen molar-refractivity contribution in [3.63, 3.8) is 0 Å². The Morgan fingerprint density at radius 1 is 1.19 bits per heavy atom. The van der Waals surface area contributed by atoms with Gasteiger partial charge in [-0.1, -0.05) is 27.2 Å². The van der Waals surface area contributed by atoms with E-state index in [-0.39, 0.29) is 0 Å². The molecule has 3 heteroatoms. The minimum absolute atomic E-state index is 0.341. The van der Waals surface area contributed by atoms with E-state index in [1.807, 2.05) is 0 Å². The van der Waals surface area contributed by atoms with Gasteiger partial charge in [0.25, 0.3) is 0 Å². The first-order valence-electron chi connectivity index (χ1n) is 6.54. The molecule has 0 amide bonds. The first-order chi connectivity index (χ1) is 7.70. The van der Waals surface area contributed by atoms with Crippen LogP contribution in [0, 0.1) is 5.92 Å². The summed E-state index contributed by atoms with van der Waals surface area (Å²) in [5.41, 5.74) is 0. The second-order valence-electron chi connectivity index (χ2n) is 5.26. The second kappa shape index (κ2) is 4.98. The van der Waals surface area contributed by atoms with E-state index in [1.165, 1.54) is 32.1 Å². The van der Waals surface area contributed by atoms with Gasteiger partial charge >= 0.3 is 0 Å². The van der Waals surface area contributed by atoms with Crippen molar-refractivity contribution in [2.45, 2.75) is 64.7 Å². The predicted octanol–water partition coefficient (Wildman–Crippen LogP) is 3.88. The van der Waals surface area contributed by atoms with Crippen LogP contribution in [-0.4, -0.2) is 10.2 Å². The van der Waals surface area contributed by atoms with Crippen LogP contribution in [0.2, 0.25) is 0 Å². The first kappa shape index (κ1) is 11.6. The van der Waals surface area contributed by atoms with Crippen LogP contribution in [0.25, 0.3) is 0 Å². The zero-order chi connectivity index (χ0) is 11.5. The summed E-state index contributed by atoms with van der Waals surface area (Å²) >= 11 is 0. The zero-order valence-electron chi connectivity index (χ0n) is 10.6. The third kappa shape index (κ3) is 2.45. The van der Waals surface area contributed by atoms with E-state index in [4.69, 9.17) is 4.42 Å². The smallest absolute Gasteiger partial charge is 0.219 e. The molecule has 0 unspecified atom stereocenters. The fourth-order valence-corrected chi connectivity index (χ4v) is 2.46. The molecule has 1 heterocycles. The van der Waals surface area contributed by atoms with Gasteiger partial charge in [0.15, 0.2) is 0 Å². The van der Waals surface area contributed by atoms with E-state index < -0.39 is 0 Å². The van der Waals surface area contributed by atoms with E-state index in [0.717, 1.165) is 17.7 Å². The quantitative estimate of drug-likeness (QED) is 0.779. The maximum Gasteiger partial charge on any atom is 0.219 e. The molecule has 0 atom stereocenters. The summed E-state index contributed by atoms with van der Waals surface area (Å²) in [7, 11) is 0. The molecule has 1 fully saturated rings. The average molecular weight is 222 g/mol. The van der Waals surface area contributed by atoms with Gasteiger partial charge in [0.2, 0.25) is 11.8 Å². The molecule has 1 saturated carbocycles. The molecule has 0 N–H and O–H groups in total. The van der Waals surface area contributed by atoms with E-state index >= 15 is 0 Å². The summed E-state index contributed by atoms with van der Waals surface area (Å²) in [6.45, 7) is 6.46. The molecule has 0 radical (unpaired) electrons. The Morgan fingerprint density at radius 2 is 1.88 bits per heavy atom. The van der Waals surface area contributed by atoms with Gasteiger partial charge in [0, 0.05) is 11.8 Å². The normalized spacial score (nSPS) is 26.2. The lowest BCUT2D eigenvalue weighted by atomic mass is 9.81. The van der Waals surface area contributed by atoms with E-state index in [9.17, 15) is 0 Å². The van der Waals surface area contributed by atoms with Crippen molar-refractivity contribution in [1.29, 1.82) is 0 Å². The van der Waals surface area contributed by atoms with Crippen LogP contribution in [0.5, 0.6) is 0 Å². The Hall–Kier alpha value is -0.860. The van der Waals surface area contributed by atoms with Crippen LogP contribution in [0.1, 0.15) is 76.5 Å². The molecule has 3 nitrogen and oxygen atoms in total. The SMILES string of the molecule is CCC1CCC(c2nnc(C(C)C)o2)CC1. The van der Waals surface area contributed by atoms with Gasteiger partial charge in [-0.3, -0.25) is 0 Å². The lowest BCUT2D eigenvalue weighted by Gasteiger charge is -2.25. The summed E-state index contributed by atoms with van der Waals surface area (Å²) in [5.74, 6) is 3.44. The molecule has 1 aliphatic rings. The highest BCUT2D eigenvalue weighted by molar-refractivity contribution is 4.95. The summed E-state index contributed by atoms with van der Waals surface area (Å²) in [6, 6.07) is 0. The topological polar surface area (TPSA) is 38.9 Å². The van der Waals surface area contributed by atoms with Crippen LogP contribution in [0.4, 0.5) is 0 Å². The highest BCUT2D eigenvalue weighted by atomic mass is 16.4. The van der Waals surface area contributed by atoms with Gasteiger partial charge in [-0.15, -0.1) is 10.2 Å². The minimum atomic E-state index is 0.341. The monoisotopic (exact) mass is 222 g/mol. The Kier molecular flexibility index (Phi) is 3.62. The average Bonchev–Trinajstić information content (AvgIpc) is 2.78. The Balaban J connectivity index is 1.97. The standard InChI is InChI=1S/C13H22N2O/c1-4-10-5-7-11(8-6-10)13-15-14-12(16-13)9(2)3/h9-11H,4-8H2,1-3H3.